The van der Waals surface area contributed by atoms with Gasteiger partial charge in [-0.1, -0.05) is 0 Å². The number of hydrogen-bond acceptors (Lipinski definition) is 5. The van der Waals surface area contributed by atoms with Crippen molar-refractivity contribution in [1.29, 1.82) is 0 Å². The number of nitro groups is 1. The molecule has 1 heterocycles. The molecule has 1 aromatic heterocycles. The number of nitrogens with one attached hydrogen (secondary N) is 1. The number of anilines is 1. The number of methoxy groups -OCH3 is 1. The Kier molecular flexibility index (Phi) is 3.85. The van der Waals surface area contributed by atoms with E-state index in [1.165, 1.54) is 12.3 Å². The number of fused-ring (bicyclic) bond motifs is 1. The van der Waals surface area contributed by atoms with E-state index in [0.29, 0.717) is 11.9 Å². The summed E-state index contributed by atoms with van der Waals surface area (Å²) in [5.41, 5.74) is 0.573. The third kappa shape index (κ3) is 2.85. The van der Waals surface area contributed by atoms with Crippen LogP contribution >= 0.6 is 0 Å². The van der Waals surface area contributed by atoms with Crippen LogP contribution in [0.2, 0.25) is 0 Å². The predicted molar refractivity (Wildman–Crippen MR) is 78.0 cm³/mol. The number of rotatable bonds is 5. The minimum absolute atomic E-state index is 0.0599. The maximum atomic E-state index is 11.0. The van der Waals surface area contributed by atoms with Crippen molar-refractivity contribution in [2.24, 2.45) is 0 Å². The molecule has 6 nitrogen and oxygen atoms in total. The fourth-order valence-electron chi connectivity index (χ4n) is 1.87. The van der Waals surface area contributed by atoms with Crippen molar-refractivity contribution in [3.05, 3.63) is 40.7 Å². The van der Waals surface area contributed by atoms with Gasteiger partial charge in [-0.2, -0.15) is 0 Å². The Labute approximate surface area is 116 Å². The van der Waals surface area contributed by atoms with Gasteiger partial charge in [-0.05, 0) is 26.0 Å². The minimum atomic E-state index is -0.396. The number of nitro benzene ring substituents is 1. The number of hydrogen-bond donors (Lipinski definition) is 1. The van der Waals surface area contributed by atoms with Crippen LogP contribution in [-0.4, -0.2) is 29.2 Å². The third-order valence-electron chi connectivity index (χ3n) is 3.25. The lowest BCUT2D eigenvalue weighted by molar-refractivity contribution is -0.383. The molecule has 0 spiro atoms. The molecule has 0 saturated carbocycles. The number of benzene rings is 1. The van der Waals surface area contributed by atoms with Crippen LogP contribution in [0.15, 0.2) is 30.6 Å². The molecule has 0 aliphatic carbocycles. The minimum Gasteiger partial charge on any atom is -0.382 e. The van der Waals surface area contributed by atoms with E-state index in [2.05, 4.69) is 10.3 Å². The average molecular weight is 275 g/mol. The van der Waals surface area contributed by atoms with Crippen LogP contribution in [0.4, 0.5) is 11.4 Å². The van der Waals surface area contributed by atoms with Gasteiger partial charge in [0, 0.05) is 43.2 Å². The van der Waals surface area contributed by atoms with E-state index in [-0.39, 0.29) is 11.3 Å². The fourth-order valence-corrected chi connectivity index (χ4v) is 1.87. The first-order chi connectivity index (χ1) is 9.44. The molecule has 2 aromatic rings. The van der Waals surface area contributed by atoms with E-state index in [9.17, 15) is 10.1 Å². The molecule has 20 heavy (non-hydrogen) atoms. The Morgan fingerprint density at radius 3 is 2.75 bits per heavy atom. The van der Waals surface area contributed by atoms with Gasteiger partial charge >= 0.3 is 0 Å². The lowest BCUT2D eigenvalue weighted by atomic mass is 10.1. The zero-order valence-electron chi connectivity index (χ0n) is 11.7. The van der Waals surface area contributed by atoms with Crippen molar-refractivity contribution in [2.45, 2.75) is 19.4 Å². The summed E-state index contributed by atoms with van der Waals surface area (Å²) in [4.78, 5) is 14.6. The highest BCUT2D eigenvalue weighted by Gasteiger charge is 2.18. The van der Waals surface area contributed by atoms with Crippen LogP contribution in [-0.2, 0) is 4.74 Å². The van der Waals surface area contributed by atoms with E-state index < -0.39 is 4.92 Å². The van der Waals surface area contributed by atoms with Gasteiger partial charge in [-0.3, -0.25) is 15.1 Å². The topological polar surface area (TPSA) is 77.3 Å². The molecule has 0 atom stereocenters. The monoisotopic (exact) mass is 275 g/mol. The molecular weight excluding hydrogens is 258 g/mol. The van der Waals surface area contributed by atoms with Crippen LogP contribution in [0.5, 0.6) is 0 Å². The first-order valence-corrected chi connectivity index (χ1v) is 6.25. The standard InChI is InChI=1S/C14H17N3O3/c1-14(2,20-3)9-16-12-4-5-13(17(18)19)11-8-15-7-6-10(11)12/h4-8,16H,9H2,1-3H3. The molecule has 0 unspecified atom stereocenters. The van der Waals surface area contributed by atoms with Crippen LogP contribution in [0.3, 0.4) is 0 Å². The zero-order chi connectivity index (χ0) is 14.8. The Morgan fingerprint density at radius 1 is 1.35 bits per heavy atom. The zero-order valence-corrected chi connectivity index (χ0v) is 11.7. The molecule has 0 radical (unpaired) electrons. The molecule has 1 aromatic carbocycles. The van der Waals surface area contributed by atoms with Crippen molar-refractivity contribution in [1.82, 2.24) is 4.98 Å². The van der Waals surface area contributed by atoms with Gasteiger partial charge in [0.25, 0.3) is 5.69 Å². The van der Waals surface area contributed by atoms with Crippen molar-refractivity contribution < 1.29 is 9.66 Å². The normalized spacial score (nSPS) is 11.6. The fraction of sp³-hybridized carbons (Fsp3) is 0.357. The summed E-state index contributed by atoms with van der Waals surface area (Å²) in [5.74, 6) is 0. The lowest BCUT2D eigenvalue weighted by Crippen LogP contribution is -2.32. The van der Waals surface area contributed by atoms with Crippen LogP contribution in [0, 0.1) is 10.1 Å². The summed E-state index contributed by atoms with van der Waals surface area (Å²) < 4.78 is 5.35. The second-order valence-electron chi connectivity index (χ2n) is 5.13. The van der Waals surface area contributed by atoms with Gasteiger partial charge in [0.05, 0.1) is 15.9 Å². The maximum absolute atomic E-state index is 11.0. The van der Waals surface area contributed by atoms with Gasteiger partial charge in [0.15, 0.2) is 0 Å². The average Bonchev–Trinajstić information content (AvgIpc) is 2.44. The molecule has 0 amide bonds. The summed E-state index contributed by atoms with van der Waals surface area (Å²) in [7, 11) is 1.65. The Bertz CT molecular complexity index is 641. The first kappa shape index (κ1) is 14.2. The van der Waals surface area contributed by atoms with E-state index in [1.54, 1.807) is 25.4 Å². The molecule has 0 bridgehead atoms. The summed E-state index contributed by atoms with van der Waals surface area (Å²) in [6.07, 6.45) is 3.14. The summed E-state index contributed by atoms with van der Waals surface area (Å²) in [6.45, 7) is 4.53. The third-order valence-corrected chi connectivity index (χ3v) is 3.25. The Balaban J connectivity index is 2.41. The van der Waals surface area contributed by atoms with Crippen LogP contribution in [0.25, 0.3) is 10.8 Å². The molecular formula is C14H17N3O3. The van der Waals surface area contributed by atoms with Crippen LogP contribution < -0.4 is 5.32 Å². The van der Waals surface area contributed by atoms with Crippen molar-refractivity contribution >= 4 is 22.1 Å². The predicted octanol–water partition coefficient (Wildman–Crippen LogP) is 2.98. The van der Waals surface area contributed by atoms with Gasteiger partial charge in [0.2, 0.25) is 0 Å². The molecule has 106 valence electrons. The van der Waals surface area contributed by atoms with Crippen molar-refractivity contribution in [3.8, 4) is 0 Å². The molecule has 6 heteroatoms. The number of nitrogens with zero attached hydrogens (tertiary/aromatic N) is 2. The van der Waals surface area contributed by atoms with E-state index in [0.717, 1.165) is 11.1 Å². The molecule has 2 rings (SSSR count). The van der Waals surface area contributed by atoms with Gasteiger partial charge < -0.3 is 10.1 Å². The van der Waals surface area contributed by atoms with Gasteiger partial charge in [-0.25, -0.2) is 0 Å². The highest BCUT2D eigenvalue weighted by Crippen LogP contribution is 2.30. The number of ether oxygens (including phenoxy) is 1. The quantitative estimate of drug-likeness (QED) is 0.670. The Morgan fingerprint density at radius 2 is 2.10 bits per heavy atom. The van der Waals surface area contributed by atoms with E-state index >= 15 is 0 Å². The SMILES string of the molecule is COC(C)(C)CNc1ccc([N+](=O)[O-])c2cnccc12. The summed E-state index contributed by atoms with van der Waals surface area (Å²) >= 11 is 0. The summed E-state index contributed by atoms with van der Waals surface area (Å²) in [5, 5.41) is 15.6. The smallest absolute Gasteiger partial charge is 0.278 e. The number of aromatic nitrogens is 1. The van der Waals surface area contributed by atoms with Crippen molar-refractivity contribution in [2.75, 3.05) is 19.0 Å². The Hall–Kier alpha value is -2.21. The van der Waals surface area contributed by atoms with Gasteiger partial charge in [0.1, 0.15) is 0 Å². The molecule has 0 fully saturated rings. The number of pyridine rings is 1. The maximum Gasteiger partial charge on any atom is 0.278 e. The van der Waals surface area contributed by atoms with E-state index in [1.807, 2.05) is 13.8 Å². The second kappa shape index (κ2) is 5.42. The molecule has 1 N–H and O–H groups in total. The highest BCUT2D eigenvalue weighted by molar-refractivity contribution is 5.99. The molecule has 0 saturated heterocycles. The van der Waals surface area contributed by atoms with Crippen molar-refractivity contribution in [3.63, 3.8) is 0 Å². The van der Waals surface area contributed by atoms with E-state index in [4.69, 9.17) is 4.74 Å². The number of non-ortho nitro benzene ring substituents is 1. The molecule has 0 aliphatic heterocycles. The lowest BCUT2D eigenvalue weighted by Gasteiger charge is -2.24. The largest absolute Gasteiger partial charge is 0.382 e. The highest BCUT2D eigenvalue weighted by atomic mass is 16.6. The summed E-state index contributed by atoms with van der Waals surface area (Å²) in [6, 6.07) is 4.98. The second-order valence-corrected chi connectivity index (χ2v) is 5.13. The van der Waals surface area contributed by atoms with Gasteiger partial charge in [-0.15, -0.1) is 0 Å². The van der Waals surface area contributed by atoms with Crippen LogP contribution in [0.1, 0.15) is 13.8 Å². The first-order valence-electron chi connectivity index (χ1n) is 6.25. The molecule has 0 aliphatic rings.